The molecule has 0 aliphatic heterocycles. The molecule has 2 nitrogen and oxygen atoms in total. The first kappa shape index (κ1) is 23.9. The van der Waals surface area contributed by atoms with Crippen LogP contribution < -0.4 is 0 Å². The van der Waals surface area contributed by atoms with Gasteiger partial charge in [0.2, 0.25) is 0 Å². The van der Waals surface area contributed by atoms with Crippen molar-refractivity contribution in [1.29, 1.82) is 0 Å². The Labute approximate surface area is 156 Å². The number of hydrogen-bond donors (Lipinski definition) is 0. The van der Waals surface area contributed by atoms with Crippen molar-refractivity contribution in [3.63, 3.8) is 0 Å². The van der Waals surface area contributed by atoms with Crippen LogP contribution in [0.5, 0.6) is 0 Å². The van der Waals surface area contributed by atoms with E-state index in [-0.39, 0.29) is 11.4 Å². The molecule has 0 bridgehead atoms. The van der Waals surface area contributed by atoms with Crippen LogP contribution in [0.25, 0.3) is 0 Å². The van der Waals surface area contributed by atoms with Gasteiger partial charge in [0.25, 0.3) is 0 Å². The summed E-state index contributed by atoms with van der Waals surface area (Å²) >= 11 is 0. The van der Waals surface area contributed by atoms with E-state index >= 15 is 0 Å². The van der Waals surface area contributed by atoms with E-state index in [0.717, 1.165) is 25.0 Å². The smallest absolute Gasteiger partial charge is 0.159 e. The van der Waals surface area contributed by atoms with Crippen molar-refractivity contribution >= 4 is 5.78 Å². The van der Waals surface area contributed by atoms with Gasteiger partial charge in [0.1, 0.15) is 0 Å². The lowest BCUT2D eigenvalue weighted by Crippen LogP contribution is -2.32. The zero-order valence-corrected chi connectivity index (χ0v) is 17.7. The Morgan fingerprint density at radius 1 is 0.960 bits per heavy atom. The standard InChI is InChI=1S/C12H26O.C11H14O/c1-5-9-12(8-4,10-6-2)13-11-7-3;1-8(2)10-4-6-11(7-5-10)9(3)12/h5-11H2,1-4H3;4-8H,1-3H3. The minimum atomic E-state index is 0.130. The van der Waals surface area contributed by atoms with Crippen molar-refractivity contribution in [2.75, 3.05) is 6.61 Å². The van der Waals surface area contributed by atoms with Crippen molar-refractivity contribution < 1.29 is 9.53 Å². The lowest BCUT2D eigenvalue weighted by molar-refractivity contribution is -0.0610. The summed E-state index contributed by atoms with van der Waals surface area (Å²) in [5, 5.41) is 0. The van der Waals surface area contributed by atoms with Crippen molar-refractivity contribution in [3.05, 3.63) is 35.4 Å². The van der Waals surface area contributed by atoms with E-state index < -0.39 is 0 Å². The van der Waals surface area contributed by atoms with Gasteiger partial charge in [-0.3, -0.25) is 4.79 Å². The van der Waals surface area contributed by atoms with Crippen LogP contribution in [-0.4, -0.2) is 18.0 Å². The van der Waals surface area contributed by atoms with Gasteiger partial charge in [-0.1, -0.05) is 78.6 Å². The summed E-state index contributed by atoms with van der Waals surface area (Å²) in [5.74, 6) is 0.663. The van der Waals surface area contributed by atoms with E-state index in [1.165, 1.54) is 31.2 Å². The largest absolute Gasteiger partial charge is 0.375 e. The molecule has 25 heavy (non-hydrogen) atoms. The van der Waals surface area contributed by atoms with Crippen LogP contribution in [0.4, 0.5) is 0 Å². The molecule has 0 radical (unpaired) electrons. The third-order valence-electron chi connectivity index (χ3n) is 4.65. The molecule has 0 spiro atoms. The number of benzene rings is 1. The van der Waals surface area contributed by atoms with Gasteiger partial charge in [0, 0.05) is 12.2 Å². The maximum atomic E-state index is 10.9. The second-order valence-corrected chi connectivity index (χ2v) is 7.22. The summed E-state index contributed by atoms with van der Waals surface area (Å²) in [7, 11) is 0. The predicted molar refractivity (Wildman–Crippen MR) is 110 cm³/mol. The van der Waals surface area contributed by atoms with E-state index in [1.54, 1.807) is 6.92 Å². The van der Waals surface area contributed by atoms with Gasteiger partial charge in [-0.15, -0.1) is 0 Å². The van der Waals surface area contributed by atoms with Crippen LogP contribution >= 0.6 is 0 Å². The number of hydrogen-bond acceptors (Lipinski definition) is 2. The fraction of sp³-hybridized carbons (Fsp3) is 0.696. The van der Waals surface area contributed by atoms with E-state index in [1.807, 2.05) is 24.3 Å². The summed E-state index contributed by atoms with van der Waals surface area (Å²) < 4.78 is 6.01. The van der Waals surface area contributed by atoms with Crippen LogP contribution in [0, 0.1) is 0 Å². The molecule has 1 aromatic carbocycles. The second-order valence-electron chi connectivity index (χ2n) is 7.22. The lowest BCUT2D eigenvalue weighted by atomic mass is 9.90. The molecular formula is C23H40O2. The molecule has 0 aromatic heterocycles. The number of carbonyl (C=O) groups excluding carboxylic acids is 1. The average Bonchev–Trinajstić information content (AvgIpc) is 2.60. The van der Waals surface area contributed by atoms with Gasteiger partial charge in [-0.2, -0.15) is 0 Å². The molecule has 0 saturated carbocycles. The van der Waals surface area contributed by atoms with E-state index in [4.69, 9.17) is 4.74 Å². The topological polar surface area (TPSA) is 26.3 Å². The SMILES string of the molecule is CC(=O)c1ccc(C(C)C)cc1.CCCOC(CC)(CCC)CCC. The molecule has 0 aliphatic rings. The van der Waals surface area contributed by atoms with E-state index in [9.17, 15) is 4.79 Å². The maximum Gasteiger partial charge on any atom is 0.159 e. The summed E-state index contributed by atoms with van der Waals surface area (Å²) in [5.41, 5.74) is 2.26. The predicted octanol–water partition coefficient (Wildman–Crippen LogP) is 7.17. The van der Waals surface area contributed by atoms with E-state index in [0.29, 0.717) is 5.92 Å². The highest BCUT2D eigenvalue weighted by molar-refractivity contribution is 5.94. The van der Waals surface area contributed by atoms with Crippen LogP contribution in [0.1, 0.15) is 109 Å². The molecule has 0 amide bonds. The Kier molecular flexibility index (Phi) is 12.5. The van der Waals surface area contributed by atoms with Gasteiger partial charge in [-0.25, -0.2) is 0 Å². The molecule has 144 valence electrons. The molecule has 0 atom stereocenters. The minimum absolute atomic E-state index is 0.130. The van der Waals surface area contributed by atoms with Crippen LogP contribution in [0.3, 0.4) is 0 Å². The fourth-order valence-corrected chi connectivity index (χ4v) is 3.06. The molecular weight excluding hydrogens is 308 g/mol. The molecule has 1 rings (SSSR count). The molecule has 0 N–H and O–H groups in total. The number of ether oxygens (including phenoxy) is 1. The molecule has 0 aliphatic carbocycles. The minimum Gasteiger partial charge on any atom is -0.375 e. The first-order valence-electron chi connectivity index (χ1n) is 10.1. The molecule has 0 heterocycles. The monoisotopic (exact) mass is 348 g/mol. The Morgan fingerprint density at radius 2 is 1.48 bits per heavy atom. The Bertz CT molecular complexity index is 453. The van der Waals surface area contributed by atoms with Crippen LogP contribution in [0.2, 0.25) is 0 Å². The molecule has 2 heteroatoms. The van der Waals surface area contributed by atoms with Gasteiger partial charge < -0.3 is 4.74 Å². The Balaban J connectivity index is 0.000000462. The van der Waals surface area contributed by atoms with Crippen molar-refractivity contribution in [2.24, 2.45) is 0 Å². The van der Waals surface area contributed by atoms with Gasteiger partial charge in [0.15, 0.2) is 5.78 Å². The van der Waals surface area contributed by atoms with Gasteiger partial charge in [0.05, 0.1) is 5.60 Å². The fourth-order valence-electron chi connectivity index (χ4n) is 3.06. The molecule has 0 saturated heterocycles. The first-order valence-corrected chi connectivity index (χ1v) is 10.1. The highest BCUT2D eigenvalue weighted by atomic mass is 16.5. The Morgan fingerprint density at radius 3 is 1.80 bits per heavy atom. The zero-order chi connectivity index (χ0) is 19.3. The average molecular weight is 349 g/mol. The number of rotatable bonds is 10. The third-order valence-corrected chi connectivity index (χ3v) is 4.65. The summed E-state index contributed by atoms with van der Waals surface area (Å²) in [6, 6.07) is 7.80. The summed E-state index contributed by atoms with van der Waals surface area (Å²) in [4.78, 5) is 10.9. The highest BCUT2D eigenvalue weighted by Crippen LogP contribution is 2.28. The maximum absolute atomic E-state index is 10.9. The van der Waals surface area contributed by atoms with Gasteiger partial charge in [-0.05, 0) is 44.1 Å². The highest BCUT2D eigenvalue weighted by Gasteiger charge is 2.26. The number of ketones is 1. The van der Waals surface area contributed by atoms with Crippen molar-refractivity contribution in [2.45, 2.75) is 98.5 Å². The quantitative estimate of drug-likeness (QED) is 0.419. The first-order chi connectivity index (χ1) is 11.9. The van der Waals surface area contributed by atoms with Crippen molar-refractivity contribution in [1.82, 2.24) is 0 Å². The van der Waals surface area contributed by atoms with E-state index in [2.05, 4.69) is 41.5 Å². The zero-order valence-electron chi connectivity index (χ0n) is 17.7. The second kappa shape index (κ2) is 13.1. The van der Waals surface area contributed by atoms with Crippen LogP contribution in [-0.2, 0) is 4.74 Å². The molecule has 1 aromatic rings. The number of Topliss-reactive ketones (excluding diaryl/α,β-unsaturated/α-hetero) is 1. The normalized spacial score (nSPS) is 11.2. The van der Waals surface area contributed by atoms with Gasteiger partial charge >= 0.3 is 0 Å². The third kappa shape index (κ3) is 9.21. The molecule has 0 fully saturated rings. The van der Waals surface area contributed by atoms with Crippen LogP contribution in [0.15, 0.2) is 24.3 Å². The lowest BCUT2D eigenvalue weighted by Gasteiger charge is -2.32. The Hall–Kier alpha value is -1.15. The van der Waals surface area contributed by atoms with Crippen molar-refractivity contribution in [3.8, 4) is 0 Å². The number of carbonyl (C=O) groups is 1. The summed E-state index contributed by atoms with van der Waals surface area (Å²) in [6.07, 6.45) is 7.20. The summed E-state index contributed by atoms with van der Waals surface area (Å²) in [6.45, 7) is 15.7. The molecule has 0 unspecified atom stereocenters.